The molecule has 2 unspecified atom stereocenters. The standard InChI is InChI=1S/C13H17N3O3/c1-8-3-2-4-10(8)15-11-6-5-9(13(14)17)7-12(11)16(18)19/h5-8,10,15H,2-4H2,1H3,(H2,14,17). The number of amides is 1. The maximum absolute atomic E-state index is 11.1. The van der Waals surface area contributed by atoms with Crippen LogP contribution in [0.25, 0.3) is 0 Å². The Balaban J connectivity index is 2.29. The summed E-state index contributed by atoms with van der Waals surface area (Å²) in [4.78, 5) is 21.6. The van der Waals surface area contributed by atoms with E-state index in [0.717, 1.165) is 19.3 Å². The van der Waals surface area contributed by atoms with Crippen molar-refractivity contribution in [2.45, 2.75) is 32.2 Å². The van der Waals surface area contributed by atoms with Gasteiger partial charge in [-0.25, -0.2) is 0 Å². The zero-order valence-corrected chi connectivity index (χ0v) is 10.8. The minimum Gasteiger partial charge on any atom is -0.376 e. The third-order valence-corrected chi connectivity index (χ3v) is 3.68. The number of nitrogens with one attached hydrogen (secondary N) is 1. The van der Waals surface area contributed by atoms with Gasteiger partial charge in [0.1, 0.15) is 5.69 Å². The molecule has 0 heterocycles. The molecule has 2 rings (SSSR count). The number of nitrogens with two attached hydrogens (primary N) is 1. The SMILES string of the molecule is CC1CCCC1Nc1ccc(C(N)=O)cc1[N+](=O)[O-]. The van der Waals surface area contributed by atoms with Gasteiger partial charge in [0.05, 0.1) is 4.92 Å². The molecule has 0 bridgehead atoms. The van der Waals surface area contributed by atoms with Crippen molar-refractivity contribution in [2.24, 2.45) is 11.7 Å². The molecule has 1 aromatic carbocycles. The van der Waals surface area contributed by atoms with Crippen molar-refractivity contribution in [3.05, 3.63) is 33.9 Å². The second-order valence-electron chi connectivity index (χ2n) is 5.01. The van der Waals surface area contributed by atoms with E-state index < -0.39 is 10.8 Å². The van der Waals surface area contributed by atoms with Crippen LogP contribution in [0.5, 0.6) is 0 Å². The van der Waals surface area contributed by atoms with Crippen LogP contribution >= 0.6 is 0 Å². The maximum Gasteiger partial charge on any atom is 0.293 e. The summed E-state index contributed by atoms with van der Waals surface area (Å²) in [7, 11) is 0. The largest absolute Gasteiger partial charge is 0.376 e. The molecule has 2 atom stereocenters. The van der Waals surface area contributed by atoms with Gasteiger partial charge in [0.2, 0.25) is 5.91 Å². The minimum absolute atomic E-state index is 0.101. The average molecular weight is 263 g/mol. The highest BCUT2D eigenvalue weighted by atomic mass is 16.6. The van der Waals surface area contributed by atoms with Crippen LogP contribution in [-0.2, 0) is 0 Å². The predicted octanol–water partition coefficient (Wildman–Crippen LogP) is 2.29. The average Bonchev–Trinajstić information content (AvgIpc) is 2.75. The summed E-state index contributed by atoms with van der Waals surface area (Å²) in [5.74, 6) is -0.167. The monoisotopic (exact) mass is 263 g/mol. The van der Waals surface area contributed by atoms with Gasteiger partial charge in [0, 0.05) is 17.7 Å². The number of nitrogens with zero attached hydrogens (tertiary/aromatic N) is 1. The third kappa shape index (κ3) is 2.83. The van der Waals surface area contributed by atoms with Gasteiger partial charge in [-0.15, -0.1) is 0 Å². The Labute approximate surface area is 111 Å². The molecule has 1 aliphatic carbocycles. The lowest BCUT2D eigenvalue weighted by molar-refractivity contribution is -0.384. The van der Waals surface area contributed by atoms with E-state index in [1.54, 1.807) is 6.07 Å². The van der Waals surface area contributed by atoms with E-state index in [1.165, 1.54) is 12.1 Å². The van der Waals surface area contributed by atoms with Crippen LogP contribution in [-0.4, -0.2) is 16.9 Å². The van der Waals surface area contributed by atoms with Crippen molar-refractivity contribution in [1.82, 2.24) is 0 Å². The van der Waals surface area contributed by atoms with E-state index in [0.29, 0.717) is 11.6 Å². The molecular formula is C13H17N3O3. The summed E-state index contributed by atoms with van der Waals surface area (Å²) < 4.78 is 0. The topological polar surface area (TPSA) is 98.3 Å². The van der Waals surface area contributed by atoms with Crippen LogP contribution in [0, 0.1) is 16.0 Å². The molecule has 19 heavy (non-hydrogen) atoms. The van der Waals surface area contributed by atoms with Gasteiger partial charge in [-0.05, 0) is 30.9 Å². The molecule has 1 aliphatic rings. The molecule has 0 saturated heterocycles. The lowest BCUT2D eigenvalue weighted by atomic mass is 10.1. The first-order valence-electron chi connectivity index (χ1n) is 6.34. The quantitative estimate of drug-likeness (QED) is 0.643. The van der Waals surface area contributed by atoms with Crippen molar-refractivity contribution in [3.8, 4) is 0 Å². The molecule has 0 radical (unpaired) electrons. The summed E-state index contributed by atoms with van der Waals surface area (Å²) in [6.07, 6.45) is 3.27. The van der Waals surface area contributed by atoms with E-state index in [-0.39, 0.29) is 17.3 Å². The summed E-state index contributed by atoms with van der Waals surface area (Å²) in [5.41, 5.74) is 5.64. The molecule has 1 aromatic rings. The zero-order valence-electron chi connectivity index (χ0n) is 10.8. The Morgan fingerprint density at radius 3 is 2.74 bits per heavy atom. The molecule has 1 amide bonds. The van der Waals surface area contributed by atoms with Crippen molar-refractivity contribution in [3.63, 3.8) is 0 Å². The van der Waals surface area contributed by atoms with Gasteiger partial charge in [0.15, 0.2) is 0 Å². The molecule has 6 heteroatoms. The molecule has 0 aromatic heterocycles. The number of hydrogen-bond donors (Lipinski definition) is 2. The van der Waals surface area contributed by atoms with Crippen LogP contribution in [0.2, 0.25) is 0 Å². The second kappa shape index (κ2) is 5.26. The Hall–Kier alpha value is -2.11. The van der Waals surface area contributed by atoms with Crippen molar-refractivity contribution in [2.75, 3.05) is 5.32 Å². The Morgan fingerprint density at radius 1 is 1.47 bits per heavy atom. The van der Waals surface area contributed by atoms with Crippen LogP contribution in [0.4, 0.5) is 11.4 Å². The maximum atomic E-state index is 11.1. The molecular weight excluding hydrogens is 246 g/mol. The van der Waals surface area contributed by atoms with Gasteiger partial charge in [-0.3, -0.25) is 14.9 Å². The minimum atomic E-state index is -0.663. The third-order valence-electron chi connectivity index (χ3n) is 3.68. The van der Waals surface area contributed by atoms with Gasteiger partial charge >= 0.3 is 0 Å². The van der Waals surface area contributed by atoms with Gasteiger partial charge < -0.3 is 11.1 Å². The number of nitro benzene ring substituents is 1. The zero-order chi connectivity index (χ0) is 14.0. The van der Waals surface area contributed by atoms with E-state index in [1.807, 2.05) is 0 Å². The smallest absolute Gasteiger partial charge is 0.293 e. The first-order chi connectivity index (χ1) is 8.99. The lowest BCUT2D eigenvalue weighted by Gasteiger charge is -2.18. The van der Waals surface area contributed by atoms with Gasteiger partial charge in [0.25, 0.3) is 5.69 Å². The number of carbonyl (C=O) groups excluding carboxylic acids is 1. The van der Waals surface area contributed by atoms with Crippen molar-refractivity contribution >= 4 is 17.3 Å². The highest BCUT2D eigenvalue weighted by Gasteiger charge is 2.26. The van der Waals surface area contributed by atoms with Crippen molar-refractivity contribution in [1.29, 1.82) is 0 Å². The van der Waals surface area contributed by atoms with E-state index in [9.17, 15) is 14.9 Å². The van der Waals surface area contributed by atoms with Gasteiger partial charge in [-0.2, -0.15) is 0 Å². The second-order valence-corrected chi connectivity index (χ2v) is 5.01. The molecule has 0 aliphatic heterocycles. The molecule has 102 valence electrons. The first kappa shape index (κ1) is 13.3. The number of primary amides is 1. The molecule has 1 fully saturated rings. The Morgan fingerprint density at radius 2 is 2.21 bits per heavy atom. The van der Waals surface area contributed by atoms with Crippen molar-refractivity contribution < 1.29 is 9.72 Å². The van der Waals surface area contributed by atoms with Gasteiger partial charge in [-0.1, -0.05) is 13.3 Å². The summed E-state index contributed by atoms with van der Waals surface area (Å²) >= 11 is 0. The number of carbonyl (C=O) groups is 1. The van der Waals surface area contributed by atoms with E-state index >= 15 is 0 Å². The fourth-order valence-electron chi connectivity index (χ4n) is 2.52. The summed E-state index contributed by atoms with van der Waals surface area (Å²) in [5, 5.41) is 14.3. The Kier molecular flexibility index (Phi) is 3.69. The number of nitro groups is 1. The number of rotatable bonds is 4. The molecule has 0 spiro atoms. The number of anilines is 1. The molecule has 1 saturated carbocycles. The van der Waals surface area contributed by atoms with E-state index in [4.69, 9.17) is 5.73 Å². The molecule has 3 N–H and O–H groups in total. The van der Waals surface area contributed by atoms with Crippen LogP contribution in [0.15, 0.2) is 18.2 Å². The number of hydrogen-bond acceptors (Lipinski definition) is 4. The highest BCUT2D eigenvalue weighted by Crippen LogP contribution is 2.32. The fourth-order valence-corrected chi connectivity index (χ4v) is 2.52. The fraction of sp³-hybridized carbons (Fsp3) is 0.462. The summed E-state index contributed by atoms with van der Waals surface area (Å²) in [6, 6.07) is 4.54. The lowest BCUT2D eigenvalue weighted by Crippen LogP contribution is -2.22. The normalized spacial score (nSPS) is 22.2. The Bertz CT molecular complexity index is 516. The van der Waals surface area contributed by atoms with Crippen LogP contribution in [0.1, 0.15) is 36.5 Å². The highest BCUT2D eigenvalue weighted by molar-refractivity contribution is 5.94. The summed E-state index contributed by atoms with van der Waals surface area (Å²) in [6.45, 7) is 2.13. The molecule has 6 nitrogen and oxygen atoms in total. The predicted molar refractivity (Wildman–Crippen MR) is 72.0 cm³/mol. The van der Waals surface area contributed by atoms with Crippen LogP contribution < -0.4 is 11.1 Å². The van der Waals surface area contributed by atoms with Crippen LogP contribution in [0.3, 0.4) is 0 Å². The van der Waals surface area contributed by atoms with E-state index in [2.05, 4.69) is 12.2 Å². The number of benzene rings is 1. The first-order valence-corrected chi connectivity index (χ1v) is 6.34.